The fourth-order valence-electron chi connectivity index (χ4n) is 3.42. The van der Waals surface area contributed by atoms with Gasteiger partial charge in [0.25, 0.3) is 5.97 Å². The number of carbonyl (C=O) groups excluding carboxylic acids is 2. The molecule has 0 aromatic rings. The van der Waals surface area contributed by atoms with E-state index in [-0.39, 0.29) is 35.5 Å². The molecule has 1 aliphatic carbocycles. The average molecular weight is 457 g/mol. The van der Waals surface area contributed by atoms with Crippen LogP contribution in [-0.4, -0.2) is 50.4 Å². The molecule has 1 saturated carbocycles. The lowest BCUT2D eigenvalue weighted by Gasteiger charge is -2.50. The third-order valence-corrected chi connectivity index (χ3v) is 7.13. The Kier molecular flexibility index (Phi) is 9.16. The first kappa shape index (κ1) is 27.1. The van der Waals surface area contributed by atoms with Gasteiger partial charge in [0, 0.05) is 6.92 Å². The lowest BCUT2D eigenvalue weighted by atomic mass is 9.88. The molecule has 0 spiro atoms. The van der Waals surface area contributed by atoms with Crippen molar-refractivity contribution in [3.05, 3.63) is 0 Å². The SMILES string of the molecule is CCC(C)(C)C(=O)OC1CCCCC1.CCC(C)(C)C(=O)OCC12COC(C)(OC1)OC2. The van der Waals surface area contributed by atoms with Gasteiger partial charge in [0.2, 0.25) is 0 Å². The van der Waals surface area contributed by atoms with Gasteiger partial charge in [-0.1, -0.05) is 20.3 Å². The van der Waals surface area contributed by atoms with Crippen LogP contribution >= 0.6 is 0 Å². The Balaban J connectivity index is 0.000000235. The molecule has 0 atom stereocenters. The second-order valence-electron chi connectivity index (χ2n) is 10.9. The zero-order chi connectivity index (χ0) is 24.0. The first-order chi connectivity index (χ1) is 14.9. The van der Waals surface area contributed by atoms with Gasteiger partial charge in [-0.2, -0.15) is 0 Å². The topological polar surface area (TPSA) is 80.3 Å². The van der Waals surface area contributed by atoms with E-state index in [0.29, 0.717) is 19.8 Å². The second kappa shape index (κ2) is 10.8. The molecule has 7 heteroatoms. The minimum absolute atomic E-state index is 0.0214. The molecule has 7 nitrogen and oxygen atoms in total. The lowest BCUT2D eigenvalue weighted by Crippen LogP contribution is -2.60. The monoisotopic (exact) mass is 456 g/mol. The molecule has 0 radical (unpaired) electrons. The van der Waals surface area contributed by atoms with Crippen LogP contribution in [0.15, 0.2) is 0 Å². The van der Waals surface area contributed by atoms with Crippen LogP contribution in [0.5, 0.6) is 0 Å². The molecule has 0 amide bonds. The van der Waals surface area contributed by atoms with Crippen LogP contribution in [-0.2, 0) is 33.3 Å². The molecule has 4 aliphatic rings. The fraction of sp³-hybridized carbons (Fsp3) is 0.920. The van der Waals surface area contributed by atoms with E-state index in [4.69, 9.17) is 23.7 Å². The Hall–Kier alpha value is -1.18. The van der Waals surface area contributed by atoms with Gasteiger partial charge < -0.3 is 23.7 Å². The van der Waals surface area contributed by atoms with Crippen molar-refractivity contribution in [2.75, 3.05) is 26.4 Å². The Bertz CT molecular complexity index is 610. The lowest BCUT2D eigenvalue weighted by molar-refractivity contribution is -0.461. The molecule has 0 aromatic carbocycles. The Morgan fingerprint density at radius 1 is 0.844 bits per heavy atom. The van der Waals surface area contributed by atoms with Crippen LogP contribution in [0.4, 0.5) is 0 Å². The van der Waals surface area contributed by atoms with Crippen molar-refractivity contribution in [3.63, 3.8) is 0 Å². The largest absolute Gasteiger partial charge is 0.464 e. The quantitative estimate of drug-likeness (QED) is 0.499. The minimum atomic E-state index is -0.908. The first-order valence-corrected chi connectivity index (χ1v) is 12.2. The predicted molar refractivity (Wildman–Crippen MR) is 121 cm³/mol. The Labute approximate surface area is 193 Å². The van der Waals surface area contributed by atoms with E-state index in [0.717, 1.165) is 25.7 Å². The Morgan fingerprint density at radius 3 is 1.78 bits per heavy atom. The summed E-state index contributed by atoms with van der Waals surface area (Å²) in [7, 11) is 0. The molecular weight excluding hydrogens is 412 g/mol. The molecule has 2 bridgehead atoms. The Morgan fingerprint density at radius 2 is 1.31 bits per heavy atom. The van der Waals surface area contributed by atoms with Gasteiger partial charge >= 0.3 is 11.9 Å². The first-order valence-electron chi connectivity index (χ1n) is 12.2. The number of esters is 2. The number of hydrogen-bond donors (Lipinski definition) is 0. The van der Waals surface area contributed by atoms with E-state index in [1.54, 1.807) is 6.92 Å². The van der Waals surface area contributed by atoms with Crippen LogP contribution in [0, 0.1) is 16.2 Å². The maximum absolute atomic E-state index is 11.9. The highest BCUT2D eigenvalue weighted by molar-refractivity contribution is 5.76. The molecular formula is C25H44O7. The number of carbonyl (C=O) groups is 2. The fourth-order valence-corrected chi connectivity index (χ4v) is 3.42. The van der Waals surface area contributed by atoms with Crippen molar-refractivity contribution in [2.24, 2.45) is 16.2 Å². The molecule has 3 aliphatic heterocycles. The number of rotatable bonds is 7. The van der Waals surface area contributed by atoms with E-state index in [2.05, 4.69) is 0 Å². The second-order valence-corrected chi connectivity index (χ2v) is 10.9. The minimum Gasteiger partial charge on any atom is -0.464 e. The molecule has 3 heterocycles. The molecule has 0 aromatic heterocycles. The number of hydrogen-bond acceptors (Lipinski definition) is 7. The third kappa shape index (κ3) is 7.16. The predicted octanol–water partition coefficient (Wildman–Crippen LogP) is 5.00. The van der Waals surface area contributed by atoms with Gasteiger partial charge in [-0.05, 0) is 66.2 Å². The molecule has 4 rings (SSSR count). The third-order valence-electron chi connectivity index (χ3n) is 7.13. The summed E-state index contributed by atoms with van der Waals surface area (Å²) < 4.78 is 27.3. The van der Waals surface area contributed by atoms with E-state index in [1.807, 2.05) is 41.5 Å². The van der Waals surface area contributed by atoms with Crippen LogP contribution in [0.1, 0.15) is 93.4 Å². The zero-order valence-electron chi connectivity index (χ0n) is 21.2. The van der Waals surface area contributed by atoms with Crippen molar-refractivity contribution in [2.45, 2.75) is 105 Å². The van der Waals surface area contributed by atoms with Crippen LogP contribution in [0.3, 0.4) is 0 Å². The maximum Gasteiger partial charge on any atom is 0.311 e. The molecule has 32 heavy (non-hydrogen) atoms. The summed E-state index contributed by atoms with van der Waals surface area (Å²) in [5.74, 6) is -1.11. The molecule has 4 fully saturated rings. The van der Waals surface area contributed by atoms with Crippen LogP contribution < -0.4 is 0 Å². The maximum atomic E-state index is 11.9. The zero-order valence-corrected chi connectivity index (χ0v) is 21.2. The normalized spacial score (nSPS) is 28.5. The van der Waals surface area contributed by atoms with E-state index in [9.17, 15) is 9.59 Å². The summed E-state index contributed by atoms with van der Waals surface area (Å²) in [6.07, 6.45) is 7.64. The van der Waals surface area contributed by atoms with Crippen molar-refractivity contribution in [3.8, 4) is 0 Å². The highest BCUT2D eigenvalue weighted by Gasteiger charge is 2.51. The number of ether oxygens (including phenoxy) is 5. The van der Waals surface area contributed by atoms with Crippen LogP contribution in [0.2, 0.25) is 0 Å². The van der Waals surface area contributed by atoms with Gasteiger partial charge in [-0.3, -0.25) is 9.59 Å². The molecule has 0 N–H and O–H groups in total. The van der Waals surface area contributed by atoms with Gasteiger partial charge in [0.05, 0.1) is 36.1 Å². The highest BCUT2D eigenvalue weighted by Crippen LogP contribution is 2.38. The number of fused-ring (bicyclic) bond motifs is 3. The van der Waals surface area contributed by atoms with Gasteiger partial charge in [-0.25, -0.2) is 0 Å². The summed E-state index contributed by atoms with van der Waals surface area (Å²) >= 11 is 0. The van der Waals surface area contributed by atoms with E-state index < -0.39 is 11.4 Å². The van der Waals surface area contributed by atoms with E-state index >= 15 is 0 Å². The summed E-state index contributed by atoms with van der Waals surface area (Å²) in [4.78, 5) is 23.7. The average Bonchev–Trinajstić information content (AvgIpc) is 2.79. The van der Waals surface area contributed by atoms with Crippen molar-refractivity contribution in [1.29, 1.82) is 0 Å². The van der Waals surface area contributed by atoms with Gasteiger partial charge in [0.1, 0.15) is 12.7 Å². The van der Waals surface area contributed by atoms with Crippen LogP contribution in [0.25, 0.3) is 0 Å². The van der Waals surface area contributed by atoms with Gasteiger partial charge in [-0.15, -0.1) is 0 Å². The van der Waals surface area contributed by atoms with Crippen molar-refractivity contribution in [1.82, 2.24) is 0 Å². The van der Waals surface area contributed by atoms with E-state index in [1.165, 1.54) is 19.3 Å². The standard InChI is InChI=1S/C13H22O5.C12H22O2/c1-5-11(2,3)10(14)15-6-13-7-16-12(4,17-8-13)18-9-13;1-4-12(2,3)11(13)14-10-8-6-5-7-9-10/h5-9H2,1-4H3;10H,4-9H2,1-3H3. The molecule has 3 saturated heterocycles. The highest BCUT2D eigenvalue weighted by atomic mass is 16.9. The summed E-state index contributed by atoms with van der Waals surface area (Å²) in [5.41, 5.74) is -1.11. The summed E-state index contributed by atoms with van der Waals surface area (Å²) in [5, 5.41) is 0. The summed E-state index contributed by atoms with van der Waals surface area (Å²) in [6.45, 7) is 15.2. The smallest absolute Gasteiger partial charge is 0.311 e. The molecule has 0 unspecified atom stereocenters. The van der Waals surface area contributed by atoms with Gasteiger partial charge in [0.15, 0.2) is 0 Å². The van der Waals surface area contributed by atoms with Crippen molar-refractivity contribution < 1.29 is 33.3 Å². The molecule has 186 valence electrons. The summed E-state index contributed by atoms with van der Waals surface area (Å²) in [6, 6.07) is 0. The van der Waals surface area contributed by atoms with Crippen molar-refractivity contribution >= 4 is 11.9 Å².